The number of rotatable bonds is 4. The van der Waals surface area contributed by atoms with Crippen LogP contribution >= 0.6 is 11.3 Å². The summed E-state index contributed by atoms with van der Waals surface area (Å²) in [4.78, 5) is 29.5. The van der Waals surface area contributed by atoms with Crippen LogP contribution in [0.3, 0.4) is 0 Å². The second-order valence-corrected chi connectivity index (χ2v) is 10.6. The van der Waals surface area contributed by atoms with Gasteiger partial charge < -0.3 is 10.2 Å². The molecule has 2 aliphatic rings. The quantitative estimate of drug-likeness (QED) is 0.796. The summed E-state index contributed by atoms with van der Waals surface area (Å²) in [6.07, 6.45) is 0.689. The van der Waals surface area contributed by atoms with Gasteiger partial charge in [0.1, 0.15) is 0 Å². The van der Waals surface area contributed by atoms with Gasteiger partial charge in [-0.3, -0.25) is 14.5 Å². The van der Waals surface area contributed by atoms with Crippen molar-refractivity contribution in [2.75, 3.05) is 43.0 Å². The monoisotopic (exact) mass is 433 g/mol. The molecule has 0 spiro atoms. The summed E-state index contributed by atoms with van der Waals surface area (Å²) in [6.45, 7) is 2.57. The van der Waals surface area contributed by atoms with Crippen LogP contribution in [0.15, 0.2) is 41.8 Å². The van der Waals surface area contributed by atoms with Gasteiger partial charge in [0.2, 0.25) is 0 Å². The third-order valence-electron chi connectivity index (χ3n) is 5.46. The van der Waals surface area contributed by atoms with Crippen LogP contribution in [0.5, 0.6) is 0 Å². The summed E-state index contributed by atoms with van der Waals surface area (Å²) < 4.78 is 23.4. The van der Waals surface area contributed by atoms with E-state index >= 15 is 0 Å². The molecule has 0 saturated carbocycles. The average Bonchev–Trinajstić information content (AvgIpc) is 3.38. The van der Waals surface area contributed by atoms with Gasteiger partial charge in [-0.2, -0.15) is 0 Å². The molecule has 9 heteroatoms. The number of anilines is 1. The Kier molecular flexibility index (Phi) is 5.71. The van der Waals surface area contributed by atoms with E-state index in [9.17, 15) is 18.0 Å². The number of amides is 2. The van der Waals surface area contributed by atoms with Gasteiger partial charge in [0, 0.05) is 43.5 Å². The van der Waals surface area contributed by atoms with Crippen molar-refractivity contribution in [2.45, 2.75) is 12.5 Å². The van der Waals surface area contributed by atoms with E-state index in [1.807, 2.05) is 11.4 Å². The van der Waals surface area contributed by atoms with E-state index < -0.39 is 9.84 Å². The Bertz CT molecular complexity index is 979. The van der Waals surface area contributed by atoms with Crippen molar-refractivity contribution in [1.82, 2.24) is 9.80 Å². The second kappa shape index (κ2) is 8.25. The molecule has 1 N–H and O–H groups in total. The Morgan fingerprint density at radius 2 is 1.76 bits per heavy atom. The third kappa shape index (κ3) is 4.68. The molecular weight excluding hydrogens is 410 g/mol. The third-order valence-corrected chi connectivity index (χ3v) is 8.08. The Morgan fingerprint density at radius 3 is 2.34 bits per heavy atom. The van der Waals surface area contributed by atoms with Gasteiger partial charge in [-0.05, 0) is 42.1 Å². The fourth-order valence-corrected chi connectivity index (χ4v) is 6.21. The Balaban J connectivity index is 1.31. The van der Waals surface area contributed by atoms with Gasteiger partial charge >= 0.3 is 0 Å². The zero-order valence-corrected chi connectivity index (χ0v) is 17.5. The van der Waals surface area contributed by atoms with Gasteiger partial charge in [-0.25, -0.2) is 8.42 Å². The number of nitrogens with zero attached hydrogens (tertiary/aromatic N) is 2. The summed E-state index contributed by atoms with van der Waals surface area (Å²) in [7, 11) is -2.90. The minimum Gasteiger partial charge on any atom is -0.336 e. The molecule has 2 aliphatic heterocycles. The Hall–Kier alpha value is -2.23. The number of piperazine rings is 1. The lowest BCUT2D eigenvalue weighted by atomic mass is 10.1. The van der Waals surface area contributed by atoms with E-state index in [1.54, 1.807) is 35.2 Å². The molecule has 7 nitrogen and oxygen atoms in total. The minimum absolute atomic E-state index is 0.0418. The Morgan fingerprint density at radius 1 is 1.03 bits per heavy atom. The lowest BCUT2D eigenvalue weighted by Gasteiger charge is -2.37. The molecule has 2 fully saturated rings. The lowest BCUT2D eigenvalue weighted by Crippen LogP contribution is -2.52. The number of hydrogen-bond donors (Lipinski definition) is 1. The zero-order chi connectivity index (χ0) is 20.4. The predicted octanol–water partition coefficient (Wildman–Crippen LogP) is 1.95. The molecule has 1 aromatic heterocycles. The molecule has 3 heterocycles. The molecule has 4 rings (SSSR count). The topological polar surface area (TPSA) is 86.8 Å². The van der Waals surface area contributed by atoms with Gasteiger partial charge in [0.25, 0.3) is 11.8 Å². The number of benzene rings is 1. The van der Waals surface area contributed by atoms with E-state index in [2.05, 4.69) is 10.2 Å². The molecule has 0 aliphatic carbocycles. The fourth-order valence-electron chi connectivity index (χ4n) is 3.83. The van der Waals surface area contributed by atoms with E-state index in [-0.39, 0.29) is 29.4 Å². The summed E-state index contributed by atoms with van der Waals surface area (Å²) >= 11 is 1.38. The Labute approximate surface area is 174 Å². The lowest BCUT2D eigenvalue weighted by molar-refractivity contribution is 0.0588. The van der Waals surface area contributed by atoms with E-state index in [0.29, 0.717) is 48.7 Å². The first-order valence-electron chi connectivity index (χ1n) is 9.60. The van der Waals surface area contributed by atoms with Crippen molar-refractivity contribution in [3.05, 3.63) is 52.2 Å². The molecular formula is C20H23N3O4S2. The zero-order valence-electron chi connectivity index (χ0n) is 15.9. The first kappa shape index (κ1) is 20.1. The maximum atomic E-state index is 12.8. The molecule has 2 amide bonds. The van der Waals surface area contributed by atoms with Crippen LogP contribution in [-0.2, 0) is 9.84 Å². The van der Waals surface area contributed by atoms with Crippen molar-refractivity contribution in [3.8, 4) is 0 Å². The summed E-state index contributed by atoms with van der Waals surface area (Å²) in [5, 5.41) is 4.67. The number of hydrogen-bond acceptors (Lipinski definition) is 6. The van der Waals surface area contributed by atoms with Crippen LogP contribution < -0.4 is 5.32 Å². The van der Waals surface area contributed by atoms with Gasteiger partial charge in [-0.1, -0.05) is 6.07 Å². The molecule has 2 saturated heterocycles. The van der Waals surface area contributed by atoms with Crippen LogP contribution in [0.4, 0.5) is 5.69 Å². The molecule has 1 aromatic carbocycles. The summed E-state index contributed by atoms with van der Waals surface area (Å²) in [5.74, 6) is 0.301. The molecule has 2 aromatic rings. The van der Waals surface area contributed by atoms with Crippen molar-refractivity contribution in [3.63, 3.8) is 0 Å². The van der Waals surface area contributed by atoms with Crippen LogP contribution in [0.25, 0.3) is 0 Å². The maximum absolute atomic E-state index is 12.8. The van der Waals surface area contributed by atoms with Crippen LogP contribution in [0, 0.1) is 0 Å². The van der Waals surface area contributed by atoms with Gasteiger partial charge in [0.05, 0.1) is 16.4 Å². The largest absolute Gasteiger partial charge is 0.336 e. The molecule has 0 bridgehead atoms. The van der Waals surface area contributed by atoms with Crippen LogP contribution in [-0.4, -0.2) is 73.8 Å². The molecule has 1 atom stereocenters. The van der Waals surface area contributed by atoms with Crippen molar-refractivity contribution >= 4 is 38.7 Å². The summed E-state index contributed by atoms with van der Waals surface area (Å²) in [5.41, 5.74) is 1.23. The number of sulfone groups is 1. The smallest absolute Gasteiger partial charge is 0.265 e. The summed E-state index contributed by atoms with van der Waals surface area (Å²) in [6, 6.07) is 10.6. The van der Waals surface area contributed by atoms with Crippen LogP contribution in [0.2, 0.25) is 0 Å². The SMILES string of the molecule is O=C(Nc1ccc(C(=O)N2CCN(C3CCS(=O)(=O)C3)CC2)cc1)c1cccs1. The standard InChI is InChI=1S/C20H23N3O4S2/c24-19(18-2-1-12-28-18)21-16-5-3-15(4-6-16)20(25)23-10-8-22(9-11-23)17-7-13-29(26,27)14-17/h1-6,12,17H,7-11,13-14H2,(H,21,24). The number of carbonyl (C=O) groups is 2. The second-order valence-electron chi connectivity index (χ2n) is 7.39. The molecule has 154 valence electrons. The van der Waals surface area contributed by atoms with E-state index in [1.165, 1.54) is 11.3 Å². The highest BCUT2D eigenvalue weighted by molar-refractivity contribution is 7.91. The molecule has 0 radical (unpaired) electrons. The molecule has 1 unspecified atom stereocenters. The fraction of sp³-hybridized carbons (Fsp3) is 0.400. The number of nitrogens with one attached hydrogen (secondary N) is 1. The highest BCUT2D eigenvalue weighted by Gasteiger charge is 2.34. The first-order valence-corrected chi connectivity index (χ1v) is 12.3. The average molecular weight is 434 g/mol. The normalized spacial score (nSPS) is 21.8. The molecule has 29 heavy (non-hydrogen) atoms. The van der Waals surface area contributed by atoms with E-state index in [4.69, 9.17) is 0 Å². The van der Waals surface area contributed by atoms with Gasteiger partial charge in [-0.15, -0.1) is 11.3 Å². The van der Waals surface area contributed by atoms with Crippen molar-refractivity contribution in [2.24, 2.45) is 0 Å². The highest BCUT2D eigenvalue weighted by atomic mass is 32.2. The van der Waals surface area contributed by atoms with E-state index in [0.717, 1.165) is 0 Å². The van der Waals surface area contributed by atoms with Crippen LogP contribution in [0.1, 0.15) is 26.5 Å². The van der Waals surface area contributed by atoms with Crippen molar-refractivity contribution < 1.29 is 18.0 Å². The highest BCUT2D eigenvalue weighted by Crippen LogP contribution is 2.20. The maximum Gasteiger partial charge on any atom is 0.265 e. The van der Waals surface area contributed by atoms with Crippen molar-refractivity contribution in [1.29, 1.82) is 0 Å². The number of carbonyl (C=O) groups excluding carboxylic acids is 2. The van der Waals surface area contributed by atoms with Gasteiger partial charge in [0.15, 0.2) is 9.84 Å². The minimum atomic E-state index is -2.90. The number of thiophene rings is 1. The first-order chi connectivity index (χ1) is 13.9. The predicted molar refractivity (Wildman–Crippen MR) is 113 cm³/mol.